The van der Waals surface area contributed by atoms with Crippen LogP contribution in [0.15, 0.2) is 67.1 Å². The SMILES string of the molecule is COc1ccc(-c2cc(C(=O)NC(CO)Cc3c[nH]c4ccccc34)ncn2)cc1. The lowest BCUT2D eigenvalue weighted by atomic mass is 10.1. The molecular weight excluding hydrogens is 380 g/mol. The minimum absolute atomic E-state index is 0.179. The summed E-state index contributed by atoms with van der Waals surface area (Å²) < 4.78 is 5.17. The van der Waals surface area contributed by atoms with Gasteiger partial charge in [-0.3, -0.25) is 4.79 Å². The number of para-hydroxylation sites is 1. The third kappa shape index (κ3) is 4.16. The number of carbonyl (C=O) groups excluding carboxylic acids is 1. The minimum Gasteiger partial charge on any atom is -0.497 e. The zero-order valence-corrected chi connectivity index (χ0v) is 16.5. The molecule has 0 radical (unpaired) electrons. The molecule has 3 N–H and O–H groups in total. The first-order valence-electron chi connectivity index (χ1n) is 9.61. The summed E-state index contributed by atoms with van der Waals surface area (Å²) >= 11 is 0. The Balaban J connectivity index is 1.49. The number of hydrogen-bond donors (Lipinski definition) is 3. The van der Waals surface area contributed by atoms with Gasteiger partial charge in [-0.25, -0.2) is 9.97 Å². The van der Waals surface area contributed by atoms with Crippen LogP contribution in [0, 0.1) is 0 Å². The Hall–Kier alpha value is -3.71. The van der Waals surface area contributed by atoms with Crippen molar-refractivity contribution >= 4 is 16.8 Å². The number of nitrogens with one attached hydrogen (secondary N) is 2. The average molecular weight is 402 g/mol. The second-order valence-electron chi connectivity index (χ2n) is 6.93. The fraction of sp³-hybridized carbons (Fsp3) is 0.174. The molecule has 0 aliphatic carbocycles. The number of aromatic amines is 1. The number of amides is 1. The van der Waals surface area contributed by atoms with Crippen molar-refractivity contribution < 1.29 is 14.6 Å². The lowest BCUT2D eigenvalue weighted by Gasteiger charge is -2.16. The Morgan fingerprint density at radius 2 is 1.97 bits per heavy atom. The minimum atomic E-state index is -0.434. The van der Waals surface area contributed by atoms with Gasteiger partial charge >= 0.3 is 0 Å². The van der Waals surface area contributed by atoms with Crippen molar-refractivity contribution in [3.8, 4) is 17.0 Å². The third-order valence-corrected chi connectivity index (χ3v) is 4.98. The van der Waals surface area contributed by atoms with Crippen molar-refractivity contribution in [1.82, 2.24) is 20.3 Å². The van der Waals surface area contributed by atoms with E-state index in [1.54, 1.807) is 13.2 Å². The summed E-state index contributed by atoms with van der Waals surface area (Å²) in [4.78, 5) is 24.3. The zero-order valence-electron chi connectivity index (χ0n) is 16.5. The standard InChI is InChI=1S/C23H22N4O3/c1-30-18-8-6-15(7-9-18)21-11-22(26-14-25-21)23(29)27-17(13-28)10-16-12-24-20-5-3-2-4-19(16)20/h2-9,11-12,14,17,24,28H,10,13H2,1H3,(H,27,29). The number of nitrogens with zero attached hydrogens (tertiary/aromatic N) is 2. The van der Waals surface area contributed by atoms with Crippen LogP contribution in [0.1, 0.15) is 16.1 Å². The first-order chi connectivity index (χ1) is 14.7. The van der Waals surface area contributed by atoms with E-state index >= 15 is 0 Å². The van der Waals surface area contributed by atoms with E-state index in [0.717, 1.165) is 27.8 Å². The lowest BCUT2D eigenvalue weighted by molar-refractivity contribution is 0.0911. The molecule has 0 aliphatic heterocycles. The van der Waals surface area contributed by atoms with Crippen LogP contribution < -0.4 is 10.1 Å². The summed E-state index contributed by atoms with van der Waals surface area (Å²) in [7, 11) is 1.61. The van der Waals surface area contributed by atoms with Crippen molar-refractivity contribution in [3.05, 3.63) is 78.4 Å². The van der Waals surface area contributed by atoms with Crippen molar-refractivity contribution in [1.29, 1.82) is 0 Å². The highest BCUT2D eigenvalue weighted by molar-refractivity contribution is 5.93. The van der Waals surface area contributed by atoms with E-state index in [9.17, 15) is 9.90 Å². The number of hydrogen-bond acceptors (Lipinski definition) is 5. The van der Waals surface area contributed by atoms with E-state index in [4.69, 9.17) is 4.74 Å². The van der Waals surface area contributed by atoms with Gasteiger partial charge in [0.1, 0.15) is 17.8 Å². The Kier molecular flexibility index (Phi) is 5.72. The molecular formula is C23H22N4O3. The molecule has 0 saturated carbocycles. The van der Waals surface area contributed by atoms with Crippen molar-refractivity contribution in [3.63, 3.8) is 0 Å². The van der Waals surface area contributed by atoms with Gasteiger partial charge in [0.2, 0.25) is 0 Å². The van der Waals surface area contributed by atoms with Gasteiger partial charge in [0, 0.05) is 22.7 Å². The highest BCUT2D eigenvalue weighted by atomic mass is 16.5. The number of rotatable bonds is 7. The molecule has 0 bridgehead atoms. The van der Waals surface area contributed by atoms with Crippen LogP contribution in [0.5, 0.6) is 5.75 Å². The molecule has 2 aromatic heterocycles. The van der Waals surface area contributed by atoms with E-state index in [1.807, 2.05) is 54.7 Å². The Bertz CT molecular complexity index is 1150. The molecule has 1 atom stereocenters. The smallest absolute Gasteiger partial charge is 0.270 e. The summed E-state index contributed by atoms with van der Waals surface area (Å²) in [6.07, 6.45) is 3.77. The van der Waals surface area contributed by atoms with E-state index in [0.29, 0.717) is 12.1 Å². The van der Waals surface area contributed by atoms with Gasteiger partial charge in [-0.05, 0) is 48.4 Å². The van der Waals surface area contributed by atoms with Gasteiger partial charge in [-0.15, -0.1) is 0 Å². The van der Waals surface area contributed by atoms with E-state index in [2.05, 4.69) is 20.3 Å². The van der Waals surface area contributed by atoms with Gasteiger partial charge < -0.3 is 20.1 Å². The maximum atomic E-state index is 12.7. The summed E-state index contributed by atoms with van der Waals surface area (Å²) in [6.45, 7) is -0.179. The lowest BCUT2D eigenvalue weighted by Crippen LogP contribution is -2.39. The molecule has 0 saturated heterocycles. The molecule has 1 unspecified atom stereocenters. The molecule has 1 amide bonds. The third-order valence-electron chi connectivity index (χ3n) is 4.98. The van der Waals surface area contributed by atoms with Gasteiger partial charge in [0.05, 0.1) is 25.5 Å². The molecule has 30 heavy (non-hydrogen) atoms. The summed E-state index contributed by atoms with van der Waals surface area (Å²) in [6, 6.07) is 16.5. The van der Waals surface area contributed by atoms with Crippen LogP contribution in [0.3, 0.4) is 0 Å². The Labute approximate surface area is 173 Å². The Morgan fingerprint density at radius 3 is 2.73 bits per heavy atom. The first kappa shape index (κ1) is 19.6. The molecule has 2 heterocycles. The quantitative estimate of drug-likeness (QED) is 0.441. The number of carbonyl (C=O) groups is 1. The highest BCUT2D eigenvalue weighted by Crippen LogP contribution is 2.21. The predicted molar refractivity (Wildman–Crippen MR) is 114 cm³/mol. The number of H-pyrrole nitrogens is 1. The van der Waals surface area contributed by atoms with E-state index < -0.39 is 6.04 Å². The second kappa shape index (κ2) is 8.75. The van der Waals surface area contributed by atoms with E-state index in [1.165, 1.54) is 6.33 Å². The highest BCUT2D eigenvalue weighted by Gasteiger charge is 2.17. The molecule has 152 valence electrons. The number of aliphatic hydroxyl groups is 1. The summed E-state index contributed by atoms with van der Waals surface area (Å²) in [5, 5.41) is 13.8. The number of methoxy groups -OCH3 is 1. The van der Waals surface area contributed by atoms with Crippen LogP contribution in [0.4, 0.5) is 0 Å². The predicted octanol–water partition coefficient (Wildman–Crippen LogP) is 2.97. The van der Waals surface area contributed by atoms with Crippen molar-refractivity contribution in [2.75, 3.05) is 13.7 Å². The van der Waals surface area contributed by atoms with Crippen LogP contribution in [0.2, 0.25) is 0 Å². The van der Waals surface area contributed by atoms with Gasteiger partial charge in [-0.2, -0.15) is 0 Å². The molecule has 0 fully saturated rings. The second-order valence-corrected chi connectivity index (χ2v) is 6.93. The van der Waals surface area contributed by atoms with Crippen LogP contribution >= 0.6 is 0 Å². The number of fused-ring (bicyclic) bond motifs is 1. The van der Waals surface area contributed by atoms with Gasteiger partial charge in [-0.1, -0.05) is 18.2 Å². The van der Waals surface area contributed by atoms with E-state index in [-0.39, 0.29) is 18.2 Å². The van der Waals surface area contributed by atoms with Crippen molar-refractivity contribution in [2.45, 2.75) is 12.5 Å². The fourth-order valence-electron chi connectivity index (χ4n) is 3.39. The van der Waals surface area contributed by atoms with Crippen LogP contribution in [0.25, 0.3) is 22.2 Å². The Morgan fingerprint density at radius 1 is 1.17 bits per heavy atom. The largest absolute Gasteiger partial charge is 0.497 e. The maximum Gasteiger partial charge on any atom is 0.270 e. The normalized spacial score (nSPS) is 11.9. The average Bonchev–Trinajstić information content (AvgIpc) is 3.21. The summed E-state index contributed by atoms with van der Waals surface area (Å²) in [5.74, 6) is 0.389. The zero-order chi connectivity index (χ0) is 20.9. The fourth-order valence-corrected chi connectivity index (χ4v) is 3.39. The van der Waals surface area contributed by atoms with Gasteiger partial charge in [0.25, 0.3) is 5.91 Å². The number of aliphatic hydroxyl groups excluding tert-OH is 1. The maximum absolute atomic E-state index is 12.7. The molecule has 7 nitrogen and oxygen atoms in total. The first-order valence-corrected chi connectivity index (χ1v) is 9.61. The topological polar surface area (TPSA) is 100 Å². The monoisotopic (exact) mass is 402 g/mol. The van der Waals surface area contributed by atoms with Crippen LogP contribution in [-0.4, -0.2) is 45.7 Å². The number of benzene rings is 2. The number of aromatic nitrogens is 3. The molecule has 0 spiro atoms. The van der Waals surface area contributed by atoms with Crippen LogP contribution in [-0.2, 0) is 6.42 Å². The molecule has 2 aromatic carbocycles. The molecule has 0 aliphatic rings. The van der Waals surface area contributed by atoms with Gasteiger partial charge in [0.15, 0.2) is 0 Å². The molecule has 4 rings (SSSR count). The number of ether oxygens (including phenoxy) is 1. The molecule has 7 heteroatoms. The summed E-state index contributed by atoms with van der Waals surface area (Å²) in [5.41, 5.74) is 3.79. The molecule has 4 aromatic rings. The van der Waals surface area contributed by atoms with Crippen molar-refractivity contribution in [2.24, 2.45) is 0 Å².